The van der Waals surface area contributed by atoms with Crippen molar-refractivity contribution in [1.82, 2.24) is 0 Å². The molecule has 2 aromatic carbocycles. The Hall–Kier alpha value is -2.72. The fourth-order valence-corrected chi connectivity index (χ4v) is 7.64. The molecule has 0 radical (unpaired) electrons. The van der Waals surface area contributed by atoms with Gasteiger partial charge in [0.05, 0.1) is 38.9 Å². The number of benzene rings is 2. The topological polar surface area (TPSA) is 94.5 Å². The van der Waals surface area contributed by atoms with Gasteiger partial charge >= 0.3 is 0 Å². The summed E-state index contributed by atoms with van der Waals surface area (Å²) in [6.07, 6.45) is 0. The van der Waals surface area contributed by atoms with E-state index in [2.05, 4.69) is 4.99 Å². The molecule has 2 atom stereocenters. The molecule has 2 aromatic rings. The van der Waals surface area contributed by atoms with Crippen molar-refractivity contribution in [3.05, 3.63) is 48.0 Å². The van der Waals surface area contributed by atoms with E-state index in [1.807, 2.05) is 17.0 Å². The highest BCUT2D eigenvalue weighted by molar-refractivity contribution is 8.16. The number of methoxy groups -OCH3 is 3. The van der Waals surface area contributed by atoms with Crippen LogP contribution in [0.4, 0.5) is 5.69 Å². The zero-order valence-corrected chi connectivity index (χ0v) is 18.9. The van der Waals surface area contributed by atoms with Crippen LogP contribution in [0.3, 0.4) is 0 Å². The number of fused-ring (bicyclic) bond motifs is 1. The highest BCUT2D eigenvalue weighted by Gasteiger charge is 2.49. The first-order valence-corrected chi connectivity index (χ1v) is 12.2. The van der Waals surface area contributed by atoms with E-state index >= 15 is 0 Å². The second kappa shape index (κ2) is 8.43. The molecule has 2 unspecified atom stereocenters. The lowest BCUT2D eigenvalue weighted by molar-refractivity contribution is 0.100. The Kier molecular flexibility index (Phi) is 5.85. The van der Waals surface area contributed by atoms with E-state index in [0.717, 1.165) is 5.69 Å². The molecular weight excluding hydrogens is 440 g/mol. The van der Waals surface area contributed by atoms with Crippen LogP contribution in [0.1, 0.15) is 10.4 Å². The first-order chi connectivity index (χ1) is 14.8. The molecule has 2 heterocycles. The summed E-state index contributed by atoms with van der Waals surface area (Å²) in [6, 6.07) is 11.8. The molecule has 164 valence electrons. The number of rotatable bonds is 5. The Morgan fingerprint density at radius 1 is 1.00 bits per heavy atom. The van der Waals surface area contributed by atoms with Gasteiger partial charge in [0.1, 0.15) is 5.75 Å². The summed E-state index contributed by atoms with van der Waals surface area (Å²) in [5.74, 6) is 1.29. The van der Waals surface area contributed by atoms with Crippen molar-refractivity contribution in [2.24, 2.45) is 4.99 Å². The minimum absolute atomic E-state index is 0.0280. The number of nitrogens with zero attached hydrogens (tertiary/aromatic N) is 2. The molecule has 0 spiro atoms. The number of thioether (sulfide) groups is 1. The van der Waals surface area contributed by atoms with Gasteiger partial charge in [-0.1, -0.05) is 11.8 Å². The maximum absolute atomic E-state index is 12.9. The van der Waals surface area contributed by atoms with Crippen LogP contribution < -0.4 is 19.1 Å². The minimum Gasteiger partial charge on any atom is -0.497 e. The second-order valence-electron chi connectivity index (χ2n) is 7.14. The van der Waals surface area contributed by atoms with E-state index in [0.29, 0.717) is 28.0 Å². The van der Waals surface area contributed by atoms with Crippen molar-refractivity contribution < 1.29 is 27.4 Å². The van der Waals surface area contributed by atoms with Crippen LogP contribution >= 0.6 is 11.8 Å². The van der Waals surface area contributed by atoms with E-state index in [9.17, 15) is 13.2 Å². The molecule has 2 saturated heterocycles. The van der Waals surface area contributed by atoms with Gasteiger partial charge in [-0.05, 0) is 42.5 Å². The van der Waals surface area contributed by atoms with E-state index < -0.39 is 15.7 Å². The van der Waals surface area contributed by atoms with Crippen LogP contribution in [0, 0.1) is 0 Å². The molecule has 0 bridgehead atoms. The van der Waals surface area contributed by atoms with Crippen LogP contribution in [0.2, 0.25) is 0 Å². The molecule has 31 heavy (non-hydrogen) atoms. The molecule has 0 N–H and O–H groups in total. The van der Waals surface area contributed by atoms with E-state index in [-0.39, 0.29) is 22.8 Å². The minimum atomic E-state index is -3.14. The van der Waals surface area contributed by atoms with Crippen molar-refractivity contribution in [3.63, 3.8) is 0 Å². The van der Waals surface area contributed by atoms with Gasteiger partial charge in [0.2, 0.25) is 0 Å². The van der Waals surface area contributed by atoms with Crippen molar-refractivity contribution >= 4 is 38.4 Å². The van der Waals surface area contributed by atoms with Gasteiger partial charge < -0.3 is 19.1 Å². The number of amides is 1. The second-order valence-corrected chi connectivity index (χ2v) is 10.5. The quantitative estimate of drug-likeness (QED) is 0.669. The summed E-state index contributed by atoms with van der Waals surface area (Å²) < 4.78 is 40.1. The van der Waals surface area contributed by atoms with Crippen molar-refractivity contribution in [3.8, 4) is 17.2 Å². The number of sulfone groups is 1. The van der Waals surface area contributed by atoms with Crippen molar-refractivity contribution in [2.45, 2.75) is 11.3 Å². The largest absolute Gasteiger partial charge is 0.497 e. The number of carbonyl (C=O) groups is 1. The number of amidine groups is 1. The van der Waals surface area contributed by atoms with Crippen LogP contribution in [0.5, 0.6) is 17.2 Å². The lowest BCUT2D eigenvalue weighted by Gasteiger charge is -2.24. The predicted molar refractivity (Wildman–Crippen MR) is 121 cm³/mol. The Labute approximate surface area is 185 Å². The summed E-state index contributed by atoms with van der Waals surface area (Å²) in [7, 11) is 1.46. The maximum Gasteiger partial charge on any atom is 0.279 e. The first-order valence-electron chi connectivity index (χ1n) is 9.50. The van der Waals surface area contributed by atoms with Crippen molar-refractivity contribution in [1.29, 1.82) is 0 Å². The monoisotopic (exact) mass is 462 g/mol. The maximum atomic E-state index is 12.9. The van der Waals surface area contributed by atoms with Gasteiger partial charge in [-0.15, -0.1) is 0 Å². The smallest absolute Gasteiger partial charge is 0.279 e. The Bertz CT molecular complexity index is 1130. The number of hydrogen-bond acceptors (Lipinski definition) is 7. The Balaban J connectivity index is 1.70. The summed E-state index contributed by atoms with van der Waals surface area (Å²) in [5, 5.41) is 0.305. The molecule has 10 heteroatoms. The molecule has 2 aliphatic rings. The predicted octanol–water partition coefficient (Wildman–Crippen LogP) is 2.63. The molecular formula is C21H22N2O6S2. The number of hydrogen-bond donors (Lipinski definition) is 0. The van der Waals surface area contributed by atoms with E-state index in [1.54, 1.807) is 37.4 Å². The zero-order chi connectivity index (χ0) is 22.2. The SMILES string of the molecule is COc1ccc(N2C(=NC(=O)c3ccc(OC)c(OC)c3)SC3CS(=O)(=O)CC32)cc1. The fraction of sp³-hybridized carbons (Fsp3) is 0.333. The summed E-state index contributed by atoms with van der Waals surface area (Å²) in [4.78, 5) is 19.1. The normalized spacial score (nSPS) is 22.9. The summed E-state index contributed by atoms with van der Waals surface area (Å²) in [5.41, 5.74) is 1.11. The van der Waals surface area contributed by atoms with Gasteiger partial charge in [-0.2, -0.15) is 4.99 Å². The fourth-order valence-electron chi connectivity index (χ4n) is 3.73. The molecule has 2 fully saturated rings. The molecule has 0 saturated carbocycles. The van der Waals surface area contributed by atoms with Gasteiger partial charge in [0.15, 0.2) is 26.5 Å². The van der Waals surface area contributed by atoms with Gasteiger partial charge in [-0.25, -0.2) is 8.42 Å². The van der Waals surface area contributed by atoms with Crippen LogP contribution in [0.15, 0.2) is 47.5 Å². The summed E-state index contributed by atoms with van der Waals surface area (Å²) in [6.45, 7) is 0. The highest BCUT2D eigenvalue weighted by atomic mass is 32.2. The van der Waals surface area contributed by atoms with Gasteiger partial charge in [0.25, 0.3) is 5.91 Å². The van der Waals surface area contributed by atoms with Crippen LogP contribution in [0.25, 0.3) is 0 Å². The number of anilines is 1. The average molecular weight is 463 g/mol. The van der Waals surface area contributed by atoms with Gasteiger partial charge in [0, 0.05) is 16.5 Å². The standard InChI is InChI=1S/C21H22N2O6S2/c1-27-15-7-5-14(6-8-15)23-16-11-31(25,26)12-19(16)30-21(23)22-20(24)13-4-9-17(28-2)18(10-13)29-3/h4-10,16,19H,11-12H2,1-3H3. The highest BCUT2D eigenvalue weighted by Crippen LogP contribution is 2.41. The third kappa shape index (κ3) is 4.22. The molecule has 4 rings (SSSR count). The lowest BCUT2D eigenvalue weighted by Crippen LogP contribution is -2.37. The third-order valence-corrected chi connectivity index (χ3v) is 8.45. The summed E-state index contributed by atoms with van der Waals surface area (Å²) >= 11 is 1.33. The van der Waals surface area contributed by atoms with Gasteiger partial charge in [-0.3, -0.25) is 4.79 Å². The number of aliphatic imine (C=N–C) groups is 1. The molecule has 0 aliphatic carbocycles. The van der Waals surface area contributed by atoms with Crippen LogP contribution in [-0.2, 0) is 9.84 Å². The zero-order valence-electron chi connectivity index (χ0n) is 17.3. The van der Waals surface area contributed by atoms with E-state index in [1.165, 1.54) is 26.0 Å². The molecule has 8 nitrogen and oxygen atoms in total. The molecule has 0 aromatic heterocycles. The number of carbonyl (C=O) groups excluding carboxylic acids is 1. The average Bonchev–Trinajstić information content (AvgIpc) is 3.23. The molecule has 2 aliphatic heterocycles. The van der Waals surface area contributed by atoms with Crippen molar-refractivity contribution in [2.75, 3.05) is 37.7 Å². The Morgan fingerprint density at radius 3 is 2.35 bits per heavy atom. The third-order valence-electron chi connectivity index (χ3n) is 5.24. The number of ether oxygens (including phenoxy) is 3. The van der Waals surface area contributed by atoms with E-state index in [4.69, 9.17) is 14.2 Å². The first kappa shape index (κ1) is 21.5. The van der Waals surface area contributed by atoms with Crippen LogP contribution in [-0.4, -0.2) is 63.6 Å². The Morgan fingerprint density at radius 2 is 1.71 bits per heavy atom. The molecule has 1 amide bonds. The lowest BCUT2D eigenvalue weighted by atomic mass is 10.2.